The van der Waals surface area contributed by atoms with E-state index in [1.165, 1.54) is 0 Å². The summed E-state index contributed by atoms with van der Waals surface area (Å²) in [4.78, 5) is 17.0. The largest absolute Gasteiger partial charge is 0.370 e. The molecule has 0 aliphatic carbocycles. The van der Waals surface area contributed by atoms with Gasteiger partial charge in [0.25, 0.3) is 0 Å². The molecule has 0 saturated carbocycles. The van der Waals surface area contributed by atoms with E-state index < -0.39 is 0 Å². The van der Waals surface area contributed by atoms with E-state index in [0.717, 1.165) is 6.54 Å². The number of hydrogen-bond donors (Lipinski definition) is 2. The molecule has 0 atom stereocenters. The molecule has 0 bridgehead atoms. The standard InChI is InChI=1S/C8H16N4O/c1-2-10-8(9)12-5-3-7(13)11-4-6-12/h2-6H2,1H3,(H2,9,10)(H,11,13). The second kappa shape index (κ2) is 4.69. The van der Waals surface area contributed by atoms with Crippen LogP contribution in [0, 0.1) is 0 Å². The van der Waals surface area contributed by atoms with Gasteiger partial charge < -0.3 is 16.0 Å². The number of guanidine groups is 1. The Kier molecular flexibility index (Phi) is 3.54. The molecular weight excluding hydrogens is 168 g/mol. The summed E-state index contributed by atoms with van der Waals surface area (Å²) < 4.78 is 0. The highest BCUT2D eigenvalue weighted by Crippen LogP contribution is 1.95. The van der Waals surface area contributed by atoms with Gasteiger partial charge in [0, 0.05) is 32.6 Å². The minimum Gasteiger partial charge on any atom is -0.370 e. The van der Waals surface area contributed by atoms with E-state index in [0.29, 0.717) is 32.0 Å². The Morgan fingerprint density at radius 2 is 2.46 bits per heavy atom. The minimum absolute atomic E-state index is 0.0896. The van der Waals surface area contributed by atoms with Crippen molar-refractivity contribution in [2.45, 2.75) is 13.3 Å². The maximum absolute atomic E-state index is 11.0. The first kappa shape index (κ1) is 9.83. The fourth-order valence-electron chi connectivity index (χ4n) is 1.26. The van der Waals surface area contributed by atoms with Gasteiger partial charge in [0.15, 0.2) is 5.96 Å². The molecular formula is C8H16N4O. The van der Waals surface area contributed by atoms with E-state index in [1.807, 2.05) is 11.8 Å². The van der Waals surface area contributed by atoms with E-state index in [1.54, 1.807) is 0 Å². The molecule has 0 aromatic carbocycles. The monoisotopic (exact) mass is 184 g/mol. The first-order chi connectivity index (χ1) is 6.24. The van der Waals surface area contributed by atoms with Gasteiger partial charge in [-0.25, -0.2) is 0 Å². The molecule has 74 valence electrons. The van der Waals surface area contributed by atoms with Crippen molar-refractivity contribution >= 4 is 11.9 Å². The summed E-state index contributed by atoms with van der Waals surface area (Å²) in [5.74, 6) is 0.630. The van der Waals surface area contributed by atoms with E-state index >= 15 is 0 Å². The molecule has 0 aromatic rings. The number of nitrogens with two attached hydrogens (primary N) is 1. The summed E-state index contributed by atoms with van der Waals surface area (Å²) >= 11 is 0. The highest BCUT2D eigenvalue weighted by Gasteiger charge is 2.13. The zero-order valence-corrected chi connectivity index (χ0v) is 7.92. The summed E-state index contributed by atoms with van der Waals surface area (Å²) in [6.07, 6.45) is 0.500. The van der Waals surface area contributed by atoms with Crippen LogP contribution in [0.5, 0.6) is 0 Å². The predicted molar refractivity (Wildman–Crippen MR) is 51.4 cm³/mol. The number of nitrogens with zero attached hydrogens (tertiary/aromatic N) is 2. The molecule has 0 aromatic heterocycles. The summed E-state index contributed by atoms with van der Waals surface area (Å²) in [7, 11) is 0. The van der Waals surface area contributed by atoms with Crippen molar-refractivity contribution in [3.63, 3.8) is 0 Å². The van der Waals surface area contributed by atoms with Crippen LogP contribution in [0.15, 0.2) is 4.99 Å². The molecule has 1 amide bonds. The van der Waals surface area contributed by atoms with Crippen molar-refractivity contribution in [1.82, 2.24) is 10.2 Å². The number of carbonyl (C=O) groups is 1. The number of nitrogens with one attached hydrogen (secondary N) is 1. The van der Waals surface area contributed by atoms with Crippen LogP contribution in [0.25, 0.3) is 0 Å². The lowest BCUT2D eigenvalue weighted by Crippen LogP contribution is -2.39. The van der Waals surface area contributed by atoms with E-state index in [9.17, 15) is 4.79 Å². The quantitative estimate of drug-likeness (QED) is 0.411. The lowest BCUT2D eigenvalue weighted by Gasteiger charge is -2.19. The van der Waals surface area contributed by atoms with Crippen molar-refractivity contribution in [3.8, 4) is 0 Å². The summed E-state index contributed by atoms with van der Waals surface area (Å²) in [5.41, 5.74) is 5.71. The molecule has 1 fully saturated rings. The Balaban J connectivity index is 2.50. The van der Waals surface area contributed by atoms with Gasteiger partial charge >= 0.3 is 0 Å². The van der Waals surface area contributed by atoms with Crippen LogP contribution >= 0.6 is 0 Å². The van der Waals surface area contributed by atoms with Gasteiger partial charge in [-0.2, -0.15) is 0 Å². The van der Waals surface area contributed by atoms with Crippen LogP contribution in [0.4, 0.5) is 0 Å². The second-order valence-corrected chi connectivity index (χ2v) is 2.92. The van der Waals surface area contributed by atoms with E-state index in [-0.39, 0.29) is 5.91 Å². The van der Waals surface area contributed by atoms with Crippen LogP contribution in [0.1, 0.15) is 13.3 Å². The third-order valence-electron chi connectivity index (χ3n) is 1.96. The molecule has 5 heteroatoms. The normalized spacial score (nSPS) is 19.6. The topological polar surface area (TPSA) is 70.7 Å². The van der Waals surface area contributed by atoms with Crippen molar-refractivity contribution in [2.24, 2.45) is 10.7 Å². The summed E-state index contributed by atoms with van der Waals surface area (Å²) in [6, 6.07) is 0. The van der Waals surface area contributed by atoms with Crippen molar-refractivity contribution in [3.05, 3.63) is 0 Å². The summed E-state index contributed by atoms with van der Waals surface area (Å²) in [6.45, 7) is 4.69. The fraction of sp³-hybridized carbons (Fsp3) is 0.750. The van der Waals surface area contributed by atoms with Crippen molar-refractivity contribution in [1.29, 1.82) is 0 Å². The molecule has 0 radical (unpaired) electrons. The lowest BCUT2D eigenvalue weighted by molar-refractivity contribution is -0.120. The predicted octanol–water partition coefficient (Wildman–Crippen LogP) is -0.857. The zero-order chi connectivity index (χ0) is 9.68. The lowest BCUT2D eigenvalue weighted by atomic mass is 10.4. The molecule has 0 unspecified atom stereocenters. The maximum atomic E-state index is 11.0. The van der Waals surface area contributed by atoms with Gasteiger partial charge in [-0.05, 0) is 6.92 Å². The first-order valence-corrected chi connectivity index (χ1v) is 4.55. The Labute approximate surface area is 78.0 Å². The molecule has 1 aliphatic heterocycles. The first-order valence-electron chi connectivity index (χ1n) is 4.55. The van der Waals surface area contributed by atoms with Crippen LogP contribution in [0.2, 0.25) is 0 Å². The fourth-order valence-corrected chi connectivity index (χ4v) is 1.26. The number of amides is 1. The van der Waals surface area contributed by atoms with Crippen LogP contribution in [0.3, 0.4) is 0 Å². The Bertz CT molecular complexity index is 214. The number of carbonyl (C=O) groups excluding carboxylic acids is 1. The van der Waals surface area contributed by atoms with E-state index in [2.05, 4.69) is 10.3 Å². The maximum Gasteiger partial charge on any atom is 0.221 e. The summed E-state index contributed by atoms with van der Waals surface area (Å²) in [5, 5.41) is 2.78. The van der Waals surface area contributed by atoms with Gasteiger partial charge in [-0.1, -0.05) is 0 Å². The Hall–Kier alpha value is -1.26. The van der Waals surface area contributed by atoms with Gasteiger partial charge in [0.1, 0.15) is 0 Å². The number of aliphatic imine (C=N–C) groups is 1. The third kappa shape index (κ3) is 2.93. The average molecular weight is 184 g/mol. The molecule has 1 heterocycles. The smallest absolute Gasteiger partial charge is 0.221 e. The van der Waals surface area contributed by atoms with Crippen molar-refractivity contribution in [2.75, 3.05) is 26.2 Å². The second-order valence-electron chi connectivity index (χ2n) is 2.92. The van der Waals surface area contributed by atoms with Gasteiger partial charge in [-0.3, -0.25) is 9.79 Å². The molecule has 1 rings (SSSR count). The molecule has 0 spiro atoms. The molecule has 5 nitrogen and oxygen atoms in total. The number of hydrogen-bond acceptors (Lipinski definition) is 2. The Morgan fingerprint density at radius 3 is 3.15 bits per heavy atom. The molecule has 13 heavy (non-hydrogen) atoms. The average Bonchev–Trinajstić information content (AvgIpc) is 2.30. The van der Waals surface area contributed by atoms with Gasteiger partial charge in [0.2, 0.25) is 5.91 Å². The van der Waals surface area contributed by atoms with Crippen molar-refractivity contribution < 1.29 is 4.79 Å². The molecule has 1 saturated heterocycles. The SMILES string of the molecule is CCN=C(N)N1CCNC(=O)CC1. The van der Waals surface area contributed by atoms with Gasteiger partial charge in [-0.15, -0.1) is 0 Å². The van der Waals surface area contributed by atoms with Crippen LogP contribution < -0.4 is 11.1 Å². The third-order valence-corrected chi connectivity index (χ3v) is 1.96. The highest BCUT2D eigenvalue weighted by atomic mass is 16.1. The van der Waals surface area contributed by atoms with E-state index in [4.69, 9.17) is 5.73 Å². The van der Waals surface area contributed by atoms with Crippen LogP contribution in [-0.4, -0.2) is 42.9 Å². The molecule has 1 aliphatic rings. The van der Waals surface area contributed by atoms with Crippen LogP contribution in [-0.2, 0) is 4.79 Å². The highest BCUT2D eigenvalue weighted by molar-refractivity contribution is 5.81. The minimum atomic E-state index is 0.0896. The van der Waals surface area contributed by atoms with Gasteiger partial charge in [0.05, 0.1) is 0 Å². The molecule has 3 N–H and O–H groups in total. The number of rotatable bonds is 1. The Morgan fingerprint density at radius 1 is 1.69 bits per heavy atom. The zero-order valence-electron chi connectivity index (χ0n) is 7.92.